The van der Waals surface area contributed by atoms with E-state index in [0.717, 1.165) is 51.5 Å². The number of thioether (sulfide) groups is 1. The molecule has 0 amide bonds. The van der Waals surface area contributed by atoms with Gasteiger partial charge in [-0.1, -0.05) is 36.0 Å². The van der Waals surface area contributed by atoms with Crippen molar-refractivity contribution in [1.82, 2.24) is 4.90 Å². The molecule has 8 heteroatoms. The third-order valence-corrected chi connectivity index (χ3v) is 8.84. The first-order valence-electron chi connectivity index (χ1n) is 13.0. The highest BCUT2D eigenvalue weighted by atomic mass is 32.2. The van der Waals surface area contributed by atoms with Crippen molar-refractivity contribution in [2.75, 3.05) is 49.6 Å². The van der Waals surface area contributed by atoms with Crippen molar-refractivity contribution in [2.45, 2.75) is 37.1 Å². The SMILES string of the molecule is C/C(N)=C(\SC1(Nc2ccc(N3CCC(N4CCOCC4)CC3)cc2)C=CC1)C(=O)c1cccc(F)c1. The second-order valence-corrected chi connectivity index (χ2v) is 11.3. The molecule has 6 nitrogen and oxygen atoms in total. The van der Waals surface area contributed by atoms with Crippen LogP contribution < -0.4 is 16.0 Å². The van der Waals surface area contributed by atoms with Crippen molar-refractivity contribution >= 4 is 28.9 Å². The molecule has 37 heavy (non-hydrogen) atoms. The molecule has 2 aromatic rings. The Balaban J connectivity index is 1.22. The van der Waals surface area contributed by atoms with Gasteiger partial charge in [0.25, 0.3) is 0 Å². The predicted molar refractivity (Wildman–Crippen MR) is 149 cm³/mol. The molecule has 196 valence electrons. The molecule has 2 aromatic carbocycles. The number of hydrogen-bond acceptors (Lipinski definition) is 7. The first kappa shape index (κ1) is 25.8. The quantitative estimate of drug-likeness (QED) is 0.219. The van der Waals surface area contributed by atoms with Gasteiger partial charge in [-0.05, 0) is 56.2 Å². The summed E-state index contributed by atoms with van der Waals surface area (Å²) < 4.78 is 19.2. The lowest BCUT2D eigenvalue weighted by atomic mass is 10.0. The fraction of sp³-hybridized carbons (Fsp3) is 0.414. The van der Waals surface area contributed by atoms with Crippen LogP contribution in [-0.2, 0) is 4.74 Å². The highest BCUT2D eigenvalue weighted by Gasteiger charge is 2.36. The lowest BCUT2D eigenvalue weighted by molar-refractivity contribution is 0.0115. The van der Waals surface area contributed by atoms with Crippen LogP contribution >= 0.6 is 11.8 Å². The lowest BCUT2D eigenvalue weighted by Crippen LogP contribution is -2.49. The molecule has 0 spiro atoms. The first-order valence-corrected chi connectivity index (χ1v) is 13.8. The van der Waals surface area contributed by atoms with Crippen LogP contribution in [0, 0.1) is 5.82 Å². The Kier molecular flexibility index (Phi) is 7.88. The van der Waals surface area contributed by atoms with E-state index >= 15 is 0 Å². The van der Waals surface area contributed by atoms with Crippen LogP contribution in [0.4, 0.5) is 15.8 Å². The highest BCUT2D eigenvalue weighted by Crippen LogP contribution is 2.44. The number of halogens is 1. The van der Waals surface area contributed by atoms with E-state index in [1.54, 1.807) is 19.1 Å². The molecule has 0 radical (unpaired) electrons. The molecule has 3 N–H and O–H groups in total. The zero-order chi connectivity index (χ0) is 25.8. The van der Waals surface area contributed by atoms with E-state index in [1.807, 2.05) is 0 Å². The average molecular weight is 523 g/mol. The minimum Gasteiger partial charge on any atom is -0.401 e. The second kappa shape index (κ2) is 11.3. The Bertz CT molecular complexity index is 1170. The van der Waals surface area contributed by atoms with Gasteiger partial charge in [0.1, 0.15) is 10.7 Å². The molecular weight excluding hydrogens is 487 g/mol. The number of nitrogens with two attached hydrogens (primary N) is 1. The van der Waals surface area contributed by atoms with Crippen molar-refractivity contribution in [3.05, 3.63) is 82.7 Å². The van der Waals surface area contributed by atoms with E-state index in [-0.39, 0.29) is 5.78 Å². The Hall–Kier alpha value is -2.81. The second-order valence-electron chi connectivity index (χ2n) is 9.99. The van der Waals surface area contributed by atoms with Gasteiger partial charge in [-0.2, -0.15) is 0 Å². The molecule has 1 atom stereocenters. The molecular formula is C29H35FN4O2S. The Morgan fingerprint density at radius 3 is 2.41 bits per heavy atom. The molecule has 2 aliphatic heterocycles. The number of ether oxygens (including phenoxy) is 1. The summed E-state index contributed by atoms with van der Waals surface area (Å²) in [6.45, 7) is 7.64. The van der Waals surface area contributed by atoms with Crippen molar-refractivity contribution in [2.24, 2.45) is 5.73 Å². The van der Waals surface area contributed by atoms with E-state index in [9.17, 15) is 9.18 Å². The van der Waals surface area contributed by atoms with Crippen LogP contribution in [-0.4, -0.2) is 61.0 Å². The van der Waals surface area contributed by atoms with E-state index in [1.165, 1.54) is 42.4 Å². The number of rotatable bonds is 8. The Labute approximate surface area is 222 Å². The normalized spacial score (nSPS) is 23.4. The standard InChI is InChI=1S/C29H35FN4O2S/c1-21(31)28(27(35)22-4-2-5-23(30)20-22)37-29(12-3-13-29)32-24-6-8-25(9-7-24)33-14-10-26(11-15-33)34-16-18-36-19-17-34/h2-9,12,20,26,32H,10-11,13-19,31H2,1H3/b28-21+. The molecule has 1 unspecified atom stereocenters. The number of benzene rings is 2. The van der Waals surface area contributed by atoms with Crippen LogP contribution in [0.5, 0.6) is 0 Å². The fourth-order valence-corrected chi connectivity index (χ4v) is 6.45. The minimum atomic E-state index is -0.475. The number of nitrogens with one attached hydrogen (secondary N) is 1. The minimum absolute atomic E-state index is 0.262. The number of nitrogens with zero attached hydrogens (tertiary/aromatic N) is 2. The van der Waals surface area contributed by atoms with E-state index in [2.05, 4.69) is 51.5 Å². The molecule has 2 heterocycles. The van der Waals surface area contributed by atoms with Gasteiger partial charge < -0.3 is 20.7 Å². The van der Waals surface area contributed by atoms with Crippen LogP contribution in [0.2, 0.25) is 0 Å². The third kappa shape index (κ3) is 6.03. The first-order chi connectivity index (χ1) is 17.9. The summed E-state index contributed by atoms with van der Waals surface area (Å²) in [5.41, 5.74) is 9.07. The number of carbonyl (C=O) groups excluding carboxylic acids is 1. The van der Waals surface area contributed by atoms with Crippen LogP contribution in [0.15, 0.2) is 71.3 Å². The number of hydrogen-bond donors (Lipinski definition) is 2. The largest absolute Gasteiger partial charge is 0.401 e. The number of allylic oxidation sites excluding steroid dienone is 2. The molecule has 2 saturated heterocycles. The van der Waals surface area contributed by atoms with Gasteiger partial charge in [0.05, 0.1) is 18.1 Å². The number of ketones is 1. The maximum absolute atomic E-state index is 13.7. The Morgan fingerprint density at radius 2 is 1.81 bits per heavy atom. The summed E-state index contributed by atoms with van der Waals surface area (Å²) in [5.74, 6) is -0.700. The average Bonchev–Trinajstić information content (AvgIpc) is 2.90. The molecule has 0 aromatic heterocycles. The van der Waals surface area contributed by atoms with Gasteiger partial charge in [-0.15, -0.1) is 0 Å². The number of Topliss-reactive ketones (excluding diaryl/α,β-unsaturated/α-hetero) is 1. The van der Waals surface area contributed by atoms with E-state index in [0.29, 0.717) is 22.2 Å². The summed E-state index contributed by atoms with van der Waals surface area (Å²) >= 11 is 1.40. The smallest absolute Gasteiger partial charge is 0.201 e. The van der Waals surface area contributed by atoms with Gasteiger partial charge >= 0.3 is 0 Å². The number of piperidine rings is 1. The summed E-state index contributed by atoms with van der Waals surface area (Å²) in [5, 5.41) is 3.60. The summed E-state index contributed by atoms with van der Waals surface area (Å²) in [4.78, 5) is 18.2. The highest BCUT2D eigenvalue weighted by molar-refractivity contribution is 8.05. The van der Waals surface area contributed by atoms with E-state index in [4.69, 9.17) is 10.5 Å². The Morgan fingerprint density at radius 1 is 1.11 bits per heavy atom. The topological polar surface area (TPSA) is 70.8 Å². The van der Waals surface area contributed by atoms with Crippen molar-refractivity contribution in [3.8, 4) is 0 Å². The van der Waals surface area contributed by atoms with Gasteiger partial charge in [0.2, 0.25) is 5.78 Å². The van der Waals surface area contributed by atoms with Crippen molar-refractivity contribution in [3.63, 3.8) is 0 Å². The fourth-order valence-electron chi connectivity index (χ4n) is 5.21. The van der Waals surface area contributed by atoms with Crippen LogP contribution in [0.3, 0.4) is 0 Å². The van der Waals surface area contributed by atoms with Gasteiger partial charge in [-0.25, -0.2) is 4.39 Å². The molecule has 5 rings (SSSR count). The summed E-state index contributed by atoms with van der Waals surface area (Å²) in [7, 11) is 0. The van der Waals surface area contributed by atoms with Crippen molar-refractivity contribution < 1.29 is 13.9 Å². The van der Waals surface area contributed by atoms with Crippen LogP contribution in [0.1, 0.15) is 36.5 Å². The molecule has 0 saturated carbocycles. The van der Waals surface area contributed by atoms with Crippen LogP contribution in [0.25, 0.3) is 0 Å². The molecule has 2 fully saturated rings. The molecule has 1 aliphatic carbocycles. The summed E-state index contributed by atoms with van der Waals surface area (Å²) in [6, 6.07) is 14.9. The molecule has 3 aliphatic rings. The number of carbonyl (C=O) groups is 1. The maximum Gasteiger partial charge on any atom is 0.201 e. The lowest BCUT2D eigenvalue weighted by Gasteiger charge is -2.41. The van der Waals surface area contributed by atoms with Crippen molar-refractivity contribution in [1.29, 1.82) is 0 Å². The zero-order valence-corrected chi connectivity index (χ0v) is 22.1. The maximum atomic E-state index is 13.7. The van der Waals surface area contributed by atoms with Gasteiger partial charge in [0.15, 0.2) is 0 Å². The van der Waals surface area contributed by atoms with Gasteiger partial charge in [-0.3, -0.25) is 9.69 Å². The number of anilines is 2. The van der Waals surface area contributed by atoms with E-state index < -0.39 is 10.7 Å². The molecule has 0 bridgehead atoms. The third-order valence-electron chi connectivity index (χ3n) is 7.36. The number of morpholine rings is 1. The van der Waals surface area contributed by atoms with Gasteiger partial charge in [0, 0.05) is 61.3 Å². The predicted octanol–water partition coefficient (Wildman–Crippen LogP) is 5.00. The monoisotopic (exact) mass is 522 g/mol. The zero-order valence-electron chi connectivity index (χ0n) is 21.3. The summed E-state index contributed by atoms with van der Waals surface area (Å²) in [6.07, 6.45) is 7.24.